The van der Waals surface area contributed by atoms with Crippen molar-refractivity contribution in [2.24, 2.45) is 5.92 Å². The van der Waals surface area contributed by atoms with Gasteiger partial charge in [0.15, 0.2) is 5.92 Å². The highest BCUT2D eigenvalue weighted by atomic mass is 35.5. The van der Waals surface area contributed by atoms with E-state index in [9.17, 15) is 9.59 Å². The largest absolute Gasteiger partial charge is 0.464 e. The molecule has 136 valence electrons. The van der Waals surface area contributed by atoms with E-state index in [1.165, 1.54) is 0 Å². The van der Waals surface area contributed by atoms with Gasteiger partial charge in [-0.1, -0.05) is 66.7 Å². The number of ether oxygens (including phenoxy) is 1. The van der Waals surface area contributed by atoms with Gasteiger partial charge in [0.2, 0.25) is 5.91 Å². The zero-order chi connectivity index (χ0) is 18.8. The molecule has 0 aliphatic heterocycles. The predicted octanol–water partition coefficient (Wildman–Crippen LogP) is 3.80. The highest BCUT2D eigenvalue weighted by molar-refractivity contribution is 6.18. The number of benzene rings is 2. The third-order valence-corrected chi connectivity index (χ3v) is 3.97. The molecule has 2 aromatic rings. The SMILES string of the molecule is C/C(=C\C(C(=O)NCc1ccccc1)C(=O)OCCCl)c1ccccc1. The number of carbonyl (C=O) groups is 2. The van der Waals surface area contributed by atoms with Crippen molar-refractivity contribution in [2.45, 2.75) is 13.5 Å². The lowest BCUT2D eigenvalue weighted by molar-refractivity contribution is -0.149. The maximum Gasteiger partial charge on any atom is 0.322 e. The van der Waals surface area contributed by atoms with Crippen molar-refractivity contribution in [3.8, 4) is 0 Å². The highest BCUT2D eigenvalue weighted by Gasteiger charge is 2.26. The van der Waals surface area contributed by atoms with Gasteiger partial charge in [-0.2, -0.15) is 0 Å². The molecule has 1 amide bonds. The van der Waals surface area contributed by atoms with E-state index in [0.717, 1.165) is 16.7 Å². The Hall–Kier alpha value is -2.59. The first-order chi connectivity index (χ1) is 12.6. The van der Waals surface area contributed by atoms with E-state index < -0.39 is 17.8 Å². The van der Waals surface area contributed by atoms with Crippen molar-refractivity contribution in [2.75, 3.05) is 12.5 Å². The Kier molecular flexibility index (Phi) is 7.90. The Morgan fingerprint density at radius 3 is 2.31 bits per heavy atom. The second-order valence-corrected chi connectivity index (χ2v) is 6.13. The summed E-state index contributed by atoms with van der Waals surface area (Å²) in [6, 6.07) is 19.1. The molecule has 5 heteroatoms. The Labute approximate surface area is 158 Å². The molecule has 0 aromatic heterocycles. The van der Waals surface area contributed by atoms with Gasteiger partial charge < -0.3 is 10.1 Å². The minimum absolute atomic E-state index is 0.0705. The van der Waals surface area contributed by atoms with Gasteiger partial charge in [-0.3, -0.25) is 9.59 Å². The fourth-order valence-electron chi connectivity index (χ4n) is 2.42. The lowest BCUT2D eigenvalue weighted by atomic mass is 10.00. The number of esters is 1. The third-order valence-electron chi connectivity index (χ3n) is 3.81. The summed E-state index contributed by atoms with van der Waals surface area (Å²) in [4.78, 5) is 24.9. The van der Waals surface area contributed by atoms with Gasteiger partial charge in [-0.25, -0.2) is 0 Å². The summed E-state index contributed by atoms with van der Waals surface area (Å²) in [5.41, 5.74) is 2.73. The second-order valence-electron chi connectivity index (χ2n) is 5.75. The van der Waals surface area contributed by atoms with Crippen LogP contribution in [0.1, 0.15) is 18.1 Å². The van der Waals surface area contributed by atoms with Gasteiger partial charge in [-0.15, -0.1) is 11.6 Å². The van der Waals surface area contributed by atoms with Crippen molar-refractivity contribution in [1.29, 1.82) is 0 Å². The summed E-state index contributed by atoms with van der Waals surface area (Å²) in [6.45, 7) is 2.28. The lowest BCUT2D eigenvalue weighted by Crippen LogP contribution is -2.35. The number of hydrogen-bond acceptors (Lipinski definition) is 3. The molecule has 26 heavy (non-hydrogen) atoms. The lowest BCUT2D eigenvalue weighted by Gasteiger charge is -2.14. The van der Waals surface area contributed by atoms with Crippen LogP contribution < -0.4 is 5.32 Å². The zero-order valence-electron chi connectivity index (χ0n) is 14.7. The minimum Gasteiger partial charge on any atom is -0.464 e. The molecule has 0 fully saturated rings. The molecule has 1 unspecified atom stereocenters. The normalized spacial score (nSPS) is 12.3. The summed E-state index contributed by atoms with van der Waals surface area (Å²) >= 11 is 5.58. The highest BCUT2D eigenvalue weighted by Crippen LogP contribution is 2.17. The van der Waals surface area contributed by atoms with Crippen LogP contribution in [0, 0.1) is 5.92 Å². The molecule has 0 spiro atoms. The first-order valence-electron chi connectivity index (χ1n) is 8.40. The summed E-state index contributed by atoms with van der Waals surface area (Å²) in [7, 11) is 0. The van der Waals surface area contributed by atoms with E-state index >= 15 is 0 Å². The maximum absolute atomic E-state index is 12.6. The number of allylic oxidation sites excluding steroid dienone is 1. The molecule has 4 nitrogen and oxygen atoms in total. The van der Waals surface area contributed by atoms with Crippen molar-refractivity contribution < 1.29 is 14.3 Å². The predicted molar refractivity (Wildman–Crippen MR) is 104 cm³/mol. The molecule has 1 N–H and O–H groups in total. The van der Waals surface area contributed by atoms with E-state index in [0.29, 0.717) is 6.54 Å². The Balaban J connectivity index is 2.14. The van der Waals surface area contributed by atoms with Crippen LogP contribution in [0.3, 0.4) is 0 Å². The van der Waals surface area contributed by atoms with Crippen LogP contribution in [0.5, 0.6) is 0 Å². The average molecular weight is 372 g/mol. The standard InChI is InChI=1S/C21H22ClNO3/c1-16(18-10-6-3-7-11-18)14-19(21(25)26-13-12-22)20(24)23-15-17-8-4-2-5-9-17/h2-11,14,19H,12-13,15H2,1H3,(H,23,24)/b16-14+. The first kappa shape index (κ1) is 19.7. The van der Waals surface area contributed by atoms with Crippen LogP contribution in [0.15, 0.2) is 66.7 Å². The first-order valence-corrected chi connectivity index (χ1v) is 8.93. The molecule has 0 aliphatic rings. The van der Waals surface area contributed by atoms with Crippen molar-refractivity contribution >= 4 is 29.1 Å². The van der Waals surface area contributed by atoms with Gasteiger partial charge in [-0.05, 0) is 23.6 Å². The van der Waals surface area contributed by atoms with Gasteiger partial charge in [0.1, 0.15) is 6.61 Å². The number of rotatable bonds is 8. The number of carbonyl (C=O) groups excluding carboxylic acids is 2. The fraction of sp³-hybridized carbons (Fsp3) is 0.238. The molecule has 2 rings (SSSR count). The molecule has 0 heterocycles. The van der Waals surface area contributed by atoms with Crippen LogP contribution in [0.2, 0.25) is 0 Å². The Morgan fingerprint density at radius 2 is 1.69 bits per heavy atom. The van der Waals surface area contributed by atoms with Gasteiger partial charge in [0.05, 0.1) is 5.88 Å². The van der Waals surface area contributed by atoms with Gasteiger partial charge in [0.25, 0.3) is 0 Å². The minimum atomic E-state index is -1.03. The van der Waals surface area contributed by atoms with Crippen LogP contribution >= 0.6 is 11.6 Å². The average Bonchev–Trinajstić information content (AvgIpc) is 2.69. The van der Waals surface area contributed by atoms with E-state index in [1.54, 1.807) is 6.08 Å². The van der Waals surface area contributed by atoms with E-state index in [2.05, 4.69) is 5.32 Å². The molecular weight excluding hydrogens is 350 g/mol. The fourth-order valence-corrected chi connectivity index (χ4v) is 2.50. The molecule has 2 aromatic carbocycles. The van der Waals surface area contributed by atoms with Crippen LogP contribution in [0.4, 0.5) is 0 Å². The van der Waals surface area contributed by atoms with Crippen molar-refractivity contribution in [3.63, 3.8) is 0 Å². The number of nitrogens with one attached hydrogen (secondary N) is 1. The maximum atomic E-state index is 12.6. The Bertz CT molecular complexity index is 744. The second kappa shape index (κ2) is 10.4. The number of hydrogen-bond donors (Lipinski definition) is 1. The van der Waals surface area contributed by atoms with Crippen LogP contribution in [-0.2, 0) is 20.9 Å². The van der Waals surface area contributed by atoms with Gasteiger partial charge in [0, 0.05) is 6.54 Å². The smallest absolute Gasteiger partial charge is 0.322 e. The van der Waals surface area contributed by atoms with Crippen LogP contribution in [-0.4, -0.2) is 24.4 Å². The molecule has 0 saturated carbocycles. The number of halogens is 1. The van der Waals surface area contributed by atoms with E-state index in [-0.39, 0.29) is 12.5 Å². The molecule has 0 aliphatic carbocycles. The number of amides is 1. The van der Waals surface area contributed by atoms with E-state index in [1.807, 2.05) is 67.6 Å². The van der Waals surface area contributed by atoms with Gasteiger partial charge >= 0.3 is 5.97 Å². The molecule has 0 radical (unpaired) electrons. The molecule has 0 saturated heterocycles. The zero-order valence-corrected chi connectivity index (χ0v) is 15.4. The van der Waals surface area contributed by atoms with Crippen molar-refractivity contribution in [1.82, 2.24) is 5.32 Å². The summed E-state index contributed by atoms with van der Waals surface area (Å²) in [5, 5.41) is 2.80. The summed E-state index contributed by atoms with van der Waals surface area (Å²) < 4.78 is 5.09. The van der Waals surface area contributed by atoms with Crippen molar-refractivity contribution in [3.05, 3.63) is 77.9 Å². The number of alkyl halides is 1. The summed E-state index contributed by atoms with van der Waals surface area (Å²) in [5.74, 6) is -1.84. The molecule has 0 bridgehead atoms. The monoisotopic (exact) mass is 371 g/mol. The topological polar surface area (TPSA) is 55.4 Å². The third kappa shape index (κ3) is 6.05. The van der Waals surface area contributed by atoms with E-state index in [4.69, 9.17) is 16.3 Å². The van der Waals surface area contributed by atoms with Crippen LogP contribution in [0.25, 0.3) is 5.57 Å². The molecule has 1 atom stereocenters. The molecular formula is C21H22ClNO3. The quantitative estimate of drug-likeness (QED) is 0.436. The summed E-state index contributed by atoms with van der Waals surface area (Å²) in [6.07, 6.45) is 1.63. The Morgan fingerprint density at radius 1 is 1.08 bits per heavy atom.